The molecule has 7 heteroatoms. The van der Waals surface area contributed by atoms with Crippen LogP contribution in [-0.4, -0.2) is 12.1 Å². The van der Waals surface area contributed by atoms with E-state index in [2.05, 4.69) is 0 Å². The molecule has 2 aromatic carbocycles. The minimum atomic E-state index is -1.17. The first-order chi connectivity index (χ1) is 10.9. The monoisotopic (exact) mass is 321 g/mol. The molecule has 2 aromatic rings. The lowest BCUT2D eigenvalue weighted by Gasteiger charge is -2.10. The summed E-state index contributed by atoms with van der Waals surface area (Å²) in [6.07, 6.45) is 0.250. The van der Waals surface area contributed by atoms with Crippen molar-refractivity contribution in [1.82, 2.24) is 0 Å². The number of amides is 1. The molecule has 0 saturated heterocycles. The minimum absolute atomic E-state index is 0.114. The Bertz CT molecular complexity index is 741. The number of carbonyl (C=O) groups excluding carboxylic acids is 3. The van der Waals surface area contributed by atoms with Crippen molar-refractivity contribution in [1.29, 1.82) is 0 Å². The summed E-state index contributed by atoms with van der Waals surface area (Å²) in [7, 11) is 0. The molecule has 0 radical (unpaired) electrons. The number of ether oxygens (including phenoxy) is 1. The van der Waals surface area contributed by atoms with Crippen LogP contribution in [-0.2, 0) is 16.2 Å². The molecule has 23 heavy (non-hydrogen) atoms. The maximum Gasteiger partial charge on any atom is 0.373 e. The number of halogens is 2. The SMILES string of the molecule is Cc1cccc(COc2ccc(F)c(C(N)=O)c2F)c1.O=C=O. The Morgan fingerprint density at radius 3 is 2.43 bits per heavy atom. The molecule has 0 atom stereocenters. The molecular weight excluding hydrogens is 308 g/mol. The Labute approximate surface area is 130 Å². The van der Waals surface area contributed by atoms with E-state index in [0.717, 1.165) is 23.3 Å². The van der Waals surface area contributed by atoms with Gasteiger partial charge in [0.15, 0.2) is 11.6 Å². The molecule has 0 aliphatic rings. The van der Waals surface area contributed by atoms with Gasteiger partial charge in [0, 0.05) is 0 Å². The lowest BCUT2D eigenvalue weighted by molar-refractivity contribution is -0.191. The number of carbonyl (C=O) groups is 1. The average molecular weight is 321 g/mol. The van der Waals surface area contributed by atoms with Gasteiger partial charge >= 0.3 is 6.15 Å². The summed E-state index contributed by atoms with van der Waals surface area (Å²) in [5.74, 6) is -3.45. The van der Waals surface area contributed by atoms with Gasteiger partial charge in [-0.2, -0.15) is 9.59 Å². The standard InChI is InChI=1S/C15H13F2NO2.CO2/c1-9-3-2-4-10(7-9)8-20-12-6-5-11(16)13(14(12)17)15(18)19;2-1-3/h2-7H,8H2,1H3,(H2,18,19);. The van der Waals surface area contributed by atoms with Crippen molar-refractivity contribution >= 4 is 12.1 Å². The Hall–Kier alpha value is -3.05. The van der Waals surface area contributed by atoms with Crippen molar-refractivity contribution in [2.45, 2.75) is 13.5 Å². The van der Waals surface area contributed by atoms with E-state index in [0.29, 0.717) is 0 Å². The zero-order valence-corrected chi connectivity index (χ0v) is 12.1. The highest BCUT2D eigenvalue weighted by Crippen LogP contribution is 2.24. The van der Waals surface area contributed by atoms with Crippen LogP contribution >= 0.6 is 0 Å². The molecule has 0 unspecified atom stereocenters. The summed E-state index contributed by atoms with van der Waals surface area (Å²) in [6.45, 7) is 2.04. The number of hydrogen-bond acceptors (Lipinski definition) is 4. The number of rotatable bonds is 4. The second-order valence-electron chi connectivity index (χ2n) is 4.46. The third-order valence-electron chi connectivity index (χ3n) is 2.78. The second kappa shape index (κ2) is 8.41. The van der Waals surface area contributed by atoms with E-state index >= 15 is 0 Å². The third-order valence-corrected chi connectivity index (χ3v) is 2.78. The fourth-order valence-electron chi connectivity index (χ4n) is 1.83. The van der Waals surface area contributed by atoms with Gasteiger partial charge in [0.2, 0.25) is 0 Å². The number of hydrogen-bond donors (Lipinski definition) is 1. The molecule has 2 rings (SSSR count). The second-order valence-corrected chi connectivity index (χ2v) is 4.46. The summed E-state index contributed by atoms with van der Waals surface area (Å²) in [6, 6.07) is 9.57. The zero-order chi connectivity index (χ0) is 17.4. The van der Waals surface area contributed by atoms with Crippen LogP contribution in [0.3, 0.4) is 0 Å². The van der Waals surface area contributed by atoms with Crippen LogP contribution < -0.4 is 10.5 Å². The summed E-state index contributed by atoms with van der Waals surface area (Å²) in [5, 5.41) is 0. The molecule has 5 nitrogen and oxygen atoms in total. The predicted molar refractivity (Wildman–Crippen MR) is 75.4 cm³/mol. The van der Waals surface area contributed by atoms with Crippen molar-refractivity contribution < 1.29 is 27.9 Å². The third kappa shape index (κ3) is 5.01. The maximum absolute atomic E-state index is 13.9. The normalized spacial score (nSPS) is 9.35. The van der Waals surface area contributed by atoms with E-state index in [4.69, 9.17) is 20.1 Å². The van der Waals surface area contributed by atoms with E-state index in [1.807, 2.05) is 31.2 Å². The summed E-state index contributed by atoms with van der Waals surface area (Å²) < 4.78 is 32.5. The molecule has 0 fully saturated rings. The first-order valence-electron chi connectivity index (χ1n) is 6.36. The molecule has 0 bridgehead atoms. The maximum atomic E-state index is 13.9. The topological polar surface area (TPSA) is 86.5 Å². The predicted octanol–water partition coefficient (Wildman–Crippen LogP) is 2.37. The van der Waals surface area contributed by atoms with Gasteiger partial charge in [-0.05, 0) is 24.6 Å². The molecule has 0 spiro atoms. The molecule has 0 saturated carbocycles. The number of aryl methyl sites for hydroxylation is 1. The van der Waals surface area contributed by atoms with Crippen molar-refractivity contribution in [3.8, 4) is 5.75 Å². The van der Waals surface area contributed by atoms with E-state index < -0.39 is 23.1 Å². The van der Waals surface area contributed by atoms with Gasteiger partial charge in [0.05, 0.1) is 0 Å². The largest absolute Gasteiger partial charge is 0.486 e. The van der Waals surface area contributed by atoms with Gasteiger partial charge in [-0.3, -0.25) is 4.79 Å². The molecule has 0 aliphatic heterocycles. The number of nitrogens with two attached hydrogens (primary N) is 1. The fraction of sp³-hybridized carbons (Fsp3) is 0.125. The minimum Gasteiger partial charge on any atom is -0.486 e. The molecule has 1 amide bonds. The van der Waals surface area contributed by atoms with Crippen molar-refractivity contribution in [3.05, 3.63) is 64.7 Å². The lowest BCUT2D eigenvalue weighted by atomic mass is 10.1. The van der Waals surface area contributed by atoms with E-state index in [9.17, 15) is 13.6 Å². The highest BCUT2D eigenvalue weighted by molar-refractivity contribution is 5.93. The molecule has 2 N–H and O–H groups in total. The lowest BCUT2D eigenvalue weighted by Crippen LogP contribution is -2.16. The van der Waals surface area contributed by atoms with E-state index in [-0.39, 0.29) is 18.5 Å². The smallest absolute Gasteiger partial charge is 0.373 e. The Kier molecular flexibility index (Phi) is 6.58. The first kappa shape index (κ1) is 18.0. The molecular formula is C16H13F2NO4. The van der Waals surface area contributed by atoms with Gasteiger partial charge in [0.25, 0.3) is 5.91 Å². The van der Waals surface area contributed by atoms with Gasteiger partial charge in [-0.25, -0.2) is 8.78 Å². The van der Waals surface area contributed by atoms with Crippen LogP contribution in [0.1, 0.15) is 21.5 Å². The Morgan fingerprint density at radius 2 is 1.87 bits per heavy atom. The van der Waals surface area contributed by atoms with Crippen molar-refractivity contribution in [2.75, 3.05) is 0 Å². The van der Waals surface area contributed by atoms with Crippen LogP contribution in [0.2, 0.25) is 0 Å². The first-order valence-corrected chi connectivity index (χ1v) is 6.36. The Balaban J connectivity index is 0.000000816. The van der Waals surface area contributed by atoms with Crippen molar-refractivity contribution in [3.63, 3.8) is 0 Å². The Morgan fingerprint density at radius 1 is 1.22 bits per heavy atom. The fourth-order valence-corrected chi connectivity index (χ4v) is 1.83. The number of benzene rings is 2. The van der Waals surface area contributed by atoms with Gasteiger partial charge in [-0.15, -0.1) is 0 Å². The summed E-state index contributed by atoms with van der Waals surface area (Å²) in [5.41, 5.74) is 6.04. The zero-order valence-electron chi connectivity index (χ0n) is 12.1. The molecule has 0 aromatic heterocycles. The highest BCUT2D eigenvalue weighted by Gasteiger charge is 2.19. The van der Waals surface area contributed by atoms with Crippen LogP contribution in [0.4, 0.5) is 8.78 Å². The van der Waals surface area contributed by atoms with E-state index in [1.165, 1.54) is 0 Å². The number of primary amides is 1. The summed E-state index contributed by atoms with van der Waals surface area (Å²) >= 11 is 0. The van der Waals surface area contributed by atoms with Gasteiger partial charge in [-0.1, -0.05) is 29.8 Å². The van der Waals surface area contributed by atoms with Crippen LogP contribution in [0.15, 0.2) is 36.4 Å². The highest BCUT2D eigenvalue weighted by atomic mass is 19.1. The quantitative estimate of drug-likeness (QED) is 0.936. The van der Waals surface area contributed by atoms with Gasteiger partial charge < -0.3 is 10.5 Å². The van der Waals surface area contributed by atoms with Gasteiger partial charge in [0.1, 0.15) is 18.0 Å². The average Bonchev–Trinajstić information content (AvgIpc) is 2.47. The molecule has 0 aliphatic carbocycles. The van der Waals surface area contributed by atoms with E-state index in [1.54, 1.807) is 0 Å². The molecule has 120 valence electrons. The van der Waals surface area contributed by atoms with Crippen molar-refractivity contribution in [2.24, 2.45) is 5.73 Å². The van der Waals surface area contributed by atoms with Crippen LogP contribution in [0, 0.1) is 18.6 Å². The molecule has 0 heterocycles. The summed E-state index contributed by atoms with van der Waals surface area (Å²) in [4.78, 5) is 27.3. The van der Waals surface area contributed by atoms with Crippen LogP contribution in [0.5, 0.6) is 5.75 Å². The van der Waals surface area contributed by atoms with Crippen LogP contribution in [0.25, 0.3) is 0 Å².